The molecule has 0 aliphatic rings. The first-order valence-electron chi connectivity index (χ1n) is 8.72. The summed E-state index contributed by atoms with van der Waals surface area (Å²) in [7, 11) is 0. The number of nitrogens with one attached hydrogen (secondary N) is 1. The molecule has 1 N–H and O–H groups in total. The Morgan fingerprint density at radius 2 is 1.69 bits per heavy atom. The van der Waals surface area contributed by atoms with Gasteiger partial charge in [-0.05, 0) is 53.1 Å². The first-order valence-corrected chi connectivity index (χ1v) is 9.54. The molecule has 0 atom stereocenters. The lowest BCUT2D eigenvalue weighted by Gasteiger charge is -2.08. The number of benzene rings is 3. The van der Waals surface area contributed by atoms with Crippen molar-refractivity contribution in [3.63, 3.8) is 0 Å². The van der Waals surface area contributed by atoms with Gasteiger partial charge >= 0.3 is 0 Å². The van der Waals surface area contributed by atoms with Gasteiger partial charge in [0.2, 0.25) is 0 Å². The van der Waals surface area contributed by atoms with E-state index >= 15 is 0 Å². The number of hydrogen-bond acceptors (Lipinski definition) is 5. The normalized spacial score (nSPS) is 10.6. The van der Waals surface area contributed by atoms with Gasteiger partial charge in [0.05, 0.1) is 15.1 Å². The second-order valence-electron chi connectivity index (χ2n) is 6.30. The lowest BCUT2D eigenvalue weighted by Crippen LogP contribution is -2.11. The van der Waals surface area contributed by atoms with Gasteiger partial charge in [-0.3, -0.25) is 20.2 Å². The molecule has 0 radical (unpaired) electrons. The Morgan fingerprint density at radius 3 is 2.41 bits per heavy atom. The lowest BCUT2D eigenvalue weighted by molar-refractivity contribution is -0.384. The first-order chi connectivity index (χ1) is 14.0. The van der Waals surface area contributed by atoms with Crippen molar-refractivity contribution >= 4 is 43.9 Å². The van der Waals surface area contributed by atoms with Crippen molar-refractivity contribution in [2.24, 2.45) is 0 Å². The van der Waals surface area contributed by atoms with Gasteiger partial charge in [0.1, 0.15) is 0 Å². The molecule has 0 fully saturated rings. The summed E-state index contributed by atoms with van der Waals surface area (Å²) >= 11 is 1.42. The van der Waals surface area contributed by atoms with Crippen molar-refractivity contribution in [1.29, 1.82) is 0 Å². The highest BCUT2D eigenvalue weighted by Gasteiger charge is 2.12. The van der Waals surface area contributed by atoms with Crippen LogP contribution in [-0.4, -0.2) is 15.8 Å². The molecule has 0 saturated carbocycles. The average molecular weight is 401 g/mol. The highest BCUT2D eigenvalue weighted by molar-refractivity contribution is 7.22. The summed E-state index contributed by atoms with van der Waals surface area (Å²) in [5, 5.41) is 14.2. The molecule has 1 amide bonds. The van der Waals surface area contributed by atoms with Crippen LogP contribution in [0.25, 0.3) is 15.8 Å². The van der Waals surface area contributed by atoms with Gasteiger partial charge in [-0.2, -0.15) is 0 Å². The number of fused-ring (bicyclic) bond motifs is 1. The van der Waals surface area contributed by atoms with Crippen LogP contribution in [0.1, 0.15) is 21.5 Å². The van der Waals surface area contributed by atoms with Crippen LogP contribution in [0.3, 0.4) is 0 Å². The molecule has 0 bridgehead atoms. The van der Waals surface area contributed by atoms with E-state index in [2.05, 4.69) is 16.9 Å². The van der Waals surface area contributed by atoms with E-state index in [1.807, 2.05) is 30.3 Å². The molecule has 4 rings (SSSR count). The lowest BCUT2D eigenvalue weighted by atomic mass is 9.97. The topological polar surface area (TPSA) is 85.1 Å². The number of rotatable bonds is 5. The molecule has 1 aromatic heterocycles. The minimum Gasteiger partial charge on any atom is -0.298 e. The van der Waals surface area contributed by atoms with Crippen molar-refractivity contribution < 1.29 is 9.72 Å². The van der Waals surface area contributed by atoms with Crippen LogP contribution in [0.4, 0.5) is 10.8 Å². The maximum absolute atomic E-state index is 12.7. The number of non-ortho nitro benzene ring substituents is 1. The van der Waals surface area contributed by atoms with Crippen LogP contribution in [0, 0.1) is 10.1 Å². The molecule has 3 aromatic carbocycles. The summed E-state index contributed by atoms with van der Waals surface area (Å²) in [6, 6.07) is 20.9. The molecular weight excluding hydrogens is 386 g/mol. The largest absolute Gasteiger partial charge is 0.298 e. The van der Waals surface area contributed by atoms with Crippen LogP contribution in [0.15, 0.2) is 79.4 Å². The van der Waals surface area contributed by atoms with Gasteiger partial charge in [0.25, 0.3) is 11.6 Å². The van der Waals surface area contributed by atoms with E-state index in [9.17, 15) is 14.9 Å². The van der Waals surface area contributed by atoms with E-state index in [1.54, 1.807) is 30.3 Å². The van der Waals surface area contributed by atoms with Crippen LogP contribution in [0.5, 0.6) is 0 Å². The van der Waals surface area contributed by atoms with Crippen molar-refractivity contribution in [3.8, 4) is 0 Å². The zero-order valence-corrected chi connectivity index (χ0v) is 16.0. The average Bonchev–Trinajstić information content (AvgIpc) is 3.15. The van der Waals surface area contributed by atoms with Gasteiger partial charge in [0, 0.05) is 17.7 Å². The number of amides is 1. The Kier molecular flexibility index (Phi) is 4.88. The predicted molar refractivity (Wildman–Crippen MR) is 115 cm³/mol. The number of aromatic nitrogens is 1. The smallest absolute Gasteiger partial charge is 0.269 e. The van der Waals surface area contributed by atoms with Crippen LogP contribution in [-0.2, 0) is 0 Å². The molecule has 142 valence electrons. The molecule has 0 saturated heterocycles. The molecule has 7 heteroatoms. The Balaban J connectivity index is 1.55. The van der Waals surface area contributed by atoms with Gasteiger partial charge in [-0.25, -0.2) is 4.98 Å². The van der Waals surface area contributed by atoms with Gasteiger partial charge in [-0.1, -0.05) is 42.2 Å². The third kappa shape index (κ3) is 3.90. The molecule has 6 nitrogen and oxygen atoms in total. The molecule has 29 heavy (non-hydrogen) atoms. The quantitative estimate of drug-likeness (QED) is 0.352. The molecule has 0 spiro atoms. The fourth-order valence-corrected chi connectivity index (χ4v) is 3.75. The van der Waals surface area contributed by atoms with Crippen LogP contribution >= 0.6 is 11.3 Å². The summed E-state index contributed by atoms with van der Waals surface area (Å²) in [6.45, 7) is 4.07. The third-order valence-corrected chi connectivity index (χ3v) is 5.37. The Labute approximate surface area is 170 Å². The van der Waals surface area contributed by atoms with Crippen molar-refractivity contribution in [3.05, 3.63) is 106 Å². The fourth-order valence-electron chi connectivity index (χ4n) is 2.89. The SMILES string of the molecule is C=C(c1ccc([N+](=O)[O-])cc1)c1cccc(C(=O)Nc2nc3ccccc3s2)c1. The second kappa shape index (κ2) is 7.65. The summed E-state index contributed by atoms with van der Waals surface area (Å²) in [4.78, 5) is 27.5. The number of carbonyl (C=O) groups excluding carboxylic acids is 1. The minimum absolute atomic E-state index is 0.0190. The summed E-state index contributed by atoms with van der Waals surface area (Å²) in [5.74, 6) is -0.262. The number of hydrogen-bond donors (Lipinski definition) is 1. The minimum atomic E-state index is -0.445. The highest BCUT2D eigenvalue weighted by atomic mass is 32.1. The molecular formula is C22H15N3O3S. The molecule has 4 aromatic rings. The molecule has 1 heterocycles. The molecule has 0 aliphatic heterocycles. The number of thiazole rings is 1. The zero-order chi connectivity index (χ0) is 20.4. The first kappa shape index (κ1) is 18.5. The highest BCUT2D eigenvalue weighted by Crippen LogP contribution is 2.27. The number of para-hydroxylation sites is 1. The third-order valence-electron chi connectivity index (χ3n) is 4.41. The van der Waals surface area contributed by atoms with E-state index in [0.29, 0.717) is 16.3 Å². The van der Waals surface area contributed by atoms with Crippen LogP contribution in [0.2, 0.25) is 0 Å². The Hall–Kier alpha value is -3.84. The maximum atomic E-state index is 12.7. The number of nitro groups is 1. The van der Waals surface area contributed by atoms with Gasteiger partial charge < -0.3 is 0 Å². The number of nitrogens with zero attached hydrogens (tertiary/aromatic N) is 2. The van der Waals surface area contributed by atoms with Crippen molar-refractivity contribution in [2.75, 3.05) is 5.32 Å². The van der Waals surface area contributed by atoms with E-state index in [4.69, 9.17) is 0 Å². The standard InChI is InChI=1S/C22H15N3O3S/c1-14(15-9-11-18(12-10-15)25(27)28)16-5-4-6-17(13-16)21(26)24-22-23-19-7-2-3-8-20(19)29-22/h2-13H,1H2,(H,23,24,26). The number of anilines is 1. The zero-order valence-electron chi connectivity index (χ0n) is 15.2. The maximum Gasteiger partial charge on any atom is 0.269 e. The summed E-state index contributed by atoms with van der Waals surface area (Å²) < 4.78 is 1.00. The second-order valence-corrected chi connectivity index (χ2v) is 7.33. The van der Waals surface area contributed by atoms with E-state index in [1.165, 1.54) is 23.5 Å². The predicted octanol–water partition coefficient (Wildman–Crippen LogP) is 5.52. The van der Waals surface area contributed by atoms with Crippen LogP contribution < -0.4 is 5.32 Å². The molecule has 0 aliphatic carbocycles. The molecule has 0 unspecified atom stereocenters. The van der Waals surface area contributed by atoms with E-state index in [0.717, 1.165) is 21.3 Å². The number of carbonyl (C=O) groups is 1. The summed E-state index contributed by atoms with van der Waals surface area (Å²) in [5.41, 5.74) is 3.52. The Bertz CT molecular complexity index is 1210. The van der Waals surface area contributed by atoms with Crippen molar-refractivity contribution in [2.45, 2.75) is 0 Å². The van der Waals surface area contributed by atoms with E-state index < -0.39 is 4.92 Å². The van der Waals surface area contributed by atoms with Gasteiger partial charge in [0.15, 0.2) is 5.13 Å². The number of nitro benzene ring substituents is 1. The van der Waals surface area contributed by atoms with Gasteiger partial charge in [-0.15, -0.1) is 0 Å². The summed E-state index contributed by atoms with van der Waals surface area (Å²) in [6.07, 6.45) is 0. The van der Waals surface area contributed by atoms with E-state index in [-0.39, 0.29) is 11.6 Å². The fraction of sp³-hybridized carbons (Fsp3) is 0. The van der Waals surface area contributed by atoms with Crippen molar-refractivity contribution in [1.82, 2.24) is 4.98 Å². The monoisotopic (exact) mass is 401 g/mol. The Morgan fingerprint density at radius 1 is 0.966 bits per heavy atom.